The summed E-state index contributed by atoms with van der Waals surface area (Å²) in [5.41, 5.74) is 2.83. The van der Waals surface area contributed by atoms with Crippen molar-refractivity contribution < 1.29 is 4.79 Å². The number of benzene rings is 1. The third kappa shape index (κ3) is 2.87. The van der Waals surface area contributed by atoms with E-state index in [-0.39, 0.29) is 11.0 Å². The van der Waals surface area contributed by atoms with Crippen LogP contribution < -0.4 is 0 Å². The number of aryl methyl sites for hydroxylation is 2. The number of thioether (sulfide) groups is 1. The summed E-state index contributed by atoms with van der Waals surface area (Å²) in [6.07, 6.45) is 0. The van der Waals surface area contributed by atoms with Crippen molar-refractivity contribution in [2.75, 3.05) is 0 Å². The molecule has 0 saturated carbocycles. The molecule has 1 aromatic carbocycles. The van der Waals surface area contributed by atoms with Gasteiger partial charge in [0.25, 0.3) is 5.78 Å². The van der Waals surface area contributed by atoms with Crippen molar-refractivity contribution in [3.8, 4) is 0 Å². The molecule has 6 heteroatoms. The summed E-state index contributed by atoms with van der Waals surface area (Å²) in [6, 6.07) is 11.6. The van der Waals surface area contributed by atoms with Crippen molar-refractivity contribution in [3.05, 3.63) is 53.3 Å². The molecular weight excluding hydrogens is 296 g/mol. The maximum atomic E-state index is 12.0. The minimum atomic E-state index is -0.306. The minimum Gasteiger partial charge on any atom is -0.298 e. The van der Waals surface area contributed by atoms with Crippen LogP contribution in [0.15, 0.2) is 41.6 Å². The van der Waals surface area contributed by atoms with Crippen molar-refractivity contribution in [3.63, 3.8) is 0 Å². The number of ketones is 1. The van der Waals surface area contributed by atoms with Crippen molar-refractivity contribution in [1.29, 1.82) is 0 Å². The Morgan fingerprint density at radius 1 is 1.18 bits per heavy atom. The molecule has 0 N–H and O–H groups in total. The van der Waals surface area contributed by atoms with Gasteiger partial charge in [0, 0.05) is 11.4 Å². The topological polar surface area (TPSA) is 60.2 Å². The second-order valence-electron chi connectivity index (χ2n) is 5.16. The van der Waals surface area contributed by atoms with Crippen LogP contribution in [0.4, 0.5) is 0 Å². The number of nitrogens with zero attached hydrogens (tertiary/aromatic N) is 4. The van der Waals surface area contributed by atoms with E-state index in [1.54, 1.807) is 11.4 Å². The largest absolute Gasteiger partial charge is 0.298 e. The summed E-state index contributed by atoms with van der Waals surface area (Å²) in [7, 11) is 0. The Morgan fingerprint density at radius 2 is 1.91 bits per heavy atom. The van der Waals surface area contributed by atoms with Gasteiger partial charge in [0.1, 0.15) is 5.78 Å². The zero-order valence-corrected chi connectivity index (χ0v) is 13.5. The zero-order chi connectivity index (χ0) is 15.7. The van der Waals surface area contributed by atoms with E-state index in [9.17, 15) is 4.79 Å². The quantitative estimate of drug-likeness (QED) is 0.693. The number of fused-ring (bicyclic) bond motifs is 1. The fourth-order valence-corrected chi connectivity index (χ4v) is 3.25. The minimum absolute atomic E-state index is 0.0796. The Morgan fingerprint density at radius 3 is 2.59 bits per heavy atom. The highest BCUT2D eigenvalue weighted by Crippen LogP contribution is 2.34. The van der Waals surface area contributed by atoms with Gasteiger partial charge in [-0.25, -0.2) is 9.50 Å². The number of aromatic nitrogens is 4. The van der Waals surface area contributed by atoms with E-state index >= 15 is 0 Å². The number of hydrogen-bond donors (Lipinski definition) is 0. The average molecular weight is 312 g/mol. The van der Waals surface area contributed by atoms with Crippen LogP contribution in [0.2, 0.25) is 0 Å². The highest BCUT2D eigenvalue weighted by Gasteiger charge is 2.21. The molecule has 0 aliphatic carbocycles. The lowest BCUT2D eigenvalue weighted by Gasteiger charge is -2.11. The van der Waals surface area contributed by atoms with E-state index in [0.29, 0.717) is 10.9 Å². The monoisotopic (exact) mass is 312 g/mol. The first-order valence-electron chi connectivity index (χ1n) is 6.97. The normalized spacial score (nSPS) is 12.5. The maximum absolute atomic E-state index is 12.0. The van der Waals surface area contributed by atoms with Crippen LogP contribution in [0.25, 0.3) is 5.78 Å². The van der Waals surface area contributed by atoms with Gasteiger partial charge in [0.2, 0.25) is 5.16 Å². The molecule has 0 radical (unpaired) electrons. The predicted molar refractivity (Wildman–Crippen MR) is 86.0 cm³/mol. The molecule has 22 heavy (non-hydrogen) atoms. The Balaban J connectivity index is 1.97. The molecule has 0 spiro atoms. The lowest BCUT2D eigenvalue weighted by Crippen LogP contribution is -2.05. The third-order valence-corrected chi connectivity index (χ3v) is 4.52. The first-order valence-corrected chi connectivity index (χ1v) is 7.85. The SMILES string of the molecule is CC(=O)C(Sc1nc2nc(C)cc(C)n2n1)c1ccccc1. The lowest BCUT2D eigenvalue weighted by molar-refractivity contribution is -0.116. The molecule has 0 aliphatic rings. The smallest absolute Gasteiger partial charge is 0.253 e. The Kier molecular flexibility index (Phi) is 3.94. The van der Waals surface area contributed by atoms with Crippen LogP contribution in [-0.4, -0.2) is 25.4 Å². The van der Waals surface area contributed by atoms with E-state index in [1.807, 2.05) is 50.2 Å². The van der Waals surface area contributed by atoms with E-state index in [1.165, 1.54) is 11.8 Å². The van der Waals surface area contributed by atoms with Gasteiger partial charge in [-0.2, -0.15) is 4.98 Å². The Hall–Kier alpha value is -2.21. The summed E-state index contributed by atoms with van der Waals surface area (Å²) in [4.78, 5) is 20.8. The Bertz CT molecular complexity index is 829. The maximum Gasteiger partial charge on any atom is 0.253 e. The van der Waals surface area contributed by atoms with Gasteiger partial charge in [-0.05, 0) is 32.4 Å². The second kappa shape index (κ2) is 5.88. The predicted octanol–water partition coefficient (Wildman–Crippen LogP) is 3.16. The molecule has 112 valence electrons. The van der Waals surface area contributed by atoms with Crippen LogP contribution in [0.3, 0.4) is 0 Å². The molecule has 3 aromatic rings. The molecule has 0 aliphatic heterocycles. The van der Waals surface area contributed by atoms with Crippen molar-refractivity contribution >= 4 is 23.3 Å². The van der Waals surface area contributed by atoms with E-state index in [0.717, 1.165) is 17.0 Å². The lowest BCUT2D eigenvalue weighted by atomic mass is 10.1. The standard InChI is InChI=1S/C16H16N4OS/c1-10-9-11(2)20-15(17-10)18-16(19-20)22-14(12(3)21)13-7-5-4-6-8-13/h4-9,14H,1-3H3. The van der Waals surface area contributed by atoms with Crippen LogP contribution in [0, 0.1) is 13.8 Å². The van der Waals surface area contributed by atoms with Crippen molar-refractivity contribution in [2.24, 2.45) is 0 Å². The van der Waals surface area contributed by atoms with Crippen molar-refractivity contribution in [1.82, 2.24) is 19.6 Å². The molecule has 1 unspecified atom stereocenters. The van der Waals surface area contributed by atoms with Crippen LogP contribution >= 0.6 is 11.8 Å². The summed E-state index contributed by atoms with van der Waals surface area (Å²) in [6.45, 7) is 5.48. The molecule has 0 saturated heterocycles. The number of carbonyl (C=O) groups excluding carboxylic acids is 1. The van der Waals surface area contributed by atoms with Gasteiger partial charge in [-0.1, -0.05) is 42.1 Å². The number of hydrogen-bond acceptors (Lipinski definition) is 5. The average Bonchev–Trinajstić information content (AvgIpc) is 2.88. The van der Waals surface area contributed by atoms with Gasteiger partial charge in [-0.15, -0.1) is 5.10 Å². The van der Waals surface area contributed by atoms with Gasteiger partial charge in [-0.3, -0.25) is 4.79 Å². The highest BCUT2D eigenvalue weighted by molar-refractivity contribution is 8.00. The molecular formula is C16H16N4OS. The molecule has 1 atom stereocenters. The van der Waals surface area contributed by atoms with Crippen LogP contribution in [-0.2, 0) is 4.79 Å². The summed E-state index contributed by atoms with van der Waals surface area (Å²) in [5.74, 6) is 0.645. The van der Waals surface area contributed by atoms with E-state index in [2.05, 4.69) is 15.1 Å². The molecule has 5 nitrogen and oxygen atoms in total. The summed E-state index contributed by atoms with van der Waals surface area (Å²) < 4.78 is 1.71. The van der Waals surface area contributed by atoms with Gasteiger partial charge in [0.15, 0.2) is 0 Å². The fourth-order valence-electron chi connectivity index (χ4n) is 2.32. The first kappa shape index (κ1) is 14.7. The summed E-state index contributed by atoms with van der Waals surface area (Å²) in [5, 5.41) is 4.71. The fraction of sp³-hybridized carbons (Fsp3) is 0.250. The second-order valence-corrected chi connectivity index (χ2v) is 6.24. The molecule has 3 rings (SSSR count). The van der Waals surface area contributed by atoms with E-state index in [4.69, 9.17) is 0 Å². The van der Waals surface area contributed by atoms with Crippen LogP contribution in [0.1, 0.15) is 29.1 Å². The van der Waals surface area contributed by atoms with Crippen molar-refractivity contribution in [2.45, 2.75) is 31.2 Å². The van der Waals surface area contributed by atoms with Crippen LogP contribution in [0.5, 0.6) is 0 Å². The number of carbonyl (C=O) groups is 1. The highest BCUT2D eigenvalue weighted by atomic mass is 32.2. The van der Waals surface area contributed by atoms with E-state index < -0.39 is 0 Å². The zero-order valence-electron chi connectivity index (χ0n) is 12.6. The number of Topliss-reactive ketones (excluding diaryl/α,β-unsaturated/α-hetero) is 1. The van der Waals surface area contributed by atoms with Gasteiger partial charge < -0.3 is 0 Å². The molecule has 2 aromatic heterocycles. The third-order valence-electron chi connectivity index (χ3n) is 3.29. The first-order chi connectivity index (χ1) is 10.5. The van der Waals surface area contributed by atoms with Gasteiger partial charge >= 0.3 is 0 Å². The van der Waals surface area contributed by atoms with Gasteiger partial charge in [0.05, 0.1) is 5.25 Å². The Labute approximate surface area is 132 Å². The molecule has 0 fully saturated rings. The molecule has 0 bridgehead atoms. The molecule has 0 amide bonds. The molecule has 2 heterocycles. The number of rotatable bonds is 4. The summed E-state index contributed by atoms with van der Waals surface area (Å²) >= 11 is 1.36.